The maximum Gasteiger partial charge on any atom is 0.240 e. The summed E-state index contributed by atoms with van der Waals surface area (Å²) in [7, 11) is -3.56. The first-order chi connectivity index (χ1) is 9.94. The van der Waals surface area contributed by atoms with Gasteiger partial charge in [-0.15, -0.1) is 0 Å². The minimum atomic E-state index is -3.56. The Morgan fingerprint density at radius 3 is 2.33 bits per heavy atom. The SMILES string of the molecule is CCc1ccc(S(=O)(=O)NCc2cccc(Cl)c2Cl)cc1. The van der Waals surface area contributed by atoms with Gasteiger partial charge in [-0.25, -0.2) is 13.1 Å². The van der Waals surface area contributed by atoms with E-state index < -0.39 is 10.0 Å². The lowest BCUT2D eigenvalue weighted by Crippen LogP contribution is -2.23. The molecular formula is C15H15Cl2NO2S. The Morgan fingerprint density at radius 2 is 1.71 bits per heavy atom. The monoisotopic (exact) mass is 343 g/mol. The molecule has 0 saturated heterocycles. The van der Waals surface area contributed by atoms with Gasteiger partial charge in [-0.3, -0.25) is 0 Å². The van der Waals surface area contributed by atoms with Gasteiger partial charge in [-0.1, -0.05) is 54.4 Å². The largest absolute Gasteiger partial charge is 0.240 e. The van der Waals surface area contributed by atoms with Gasteiger partial charge in [-0.2, -0.15) is 0 Å². The van der Waals surface area contributed by atoms with Gasteiger partial charge >= 0.3 is 0 Å². The molecule has 6 heteroatoms. The van der Waals surface area contributed by atoms with Crippen molar-refractivity contribution < 1.29 is 8.42 Å². The second-order valence-electron chi connectivity index (χ2n) is 4.53. The van der Waals surface area contributed by atoms with Crippen LogP contribution in [0, 0.1) is 0 Å². The topological polar surface area (TPSA) is 46.2 Å². The van der Waals surface area contributed by atoms with Gasteiger partial charge in [0.2, 0.25) is 10.0 Å². The van der Waals surface area contributed by atoms with Gasteiger partial charge in [0.1, 0.15) is 0 Å². The summed E-state index contributed by atoms with van der Waals surface area (Å²) in [6, 6.07) is 11.9. The molecule has 0 atom stereocenters. The Hall–Kier alpha value is -1.07. The summed E-state index contributed by atoms with van der Waals surface area (Å²) >= 11 is 11.9. The molecule has 0 unspecified atom stereocenters. The van der Waals surface area contributed by atoms with Crippen molar-refractivity contribution >= 4 is 33.2 Å². The highest BCUT2D eigenvalue weighted by atomic mass is 35.5. The van der Waals surface area contributed by atoms with Gasteiger partial charge in [0.05, 0.1) is 14.9 Å². The zero-order valence-corrected chi connectivity index (χ0v) is 13.8. The van der Waals surface area contributed by atoms with E-state index in [1.165, 1.54) is 0 Å². The van der Waals surface area contributed by atoms with E-state index in [1.54, 1.807) is 42.5 Å². The third-order valence-corrected chi connectivity index (χ3v) is 5.40. The fraction of sp³-hybridized carbons (Fsp3) is 0.200. The summed E-state index contributed by atoms with van der Waals surface area (Å²) in [5.74, 6) is 0. The van der Waals surface area contributed by atoms with Crippen molar-refractivity contribution in [1.82, 2.24) is 4.72 Å². The highest BCUT2D eigenvalue weighted by molar-refractivity contribution is 7.89. The molecule has 2 aromatic rings. The van der Waals surface area contributed by atoms with Gasteiger partial charge < -0.3 is 0 Å². The van der Waals surface area contributed by atoms with Gasteiger partial charge in [0.25, 0.3) is 0 Å². The van der Waals surface area contributed by atoms with E-state index in [0.717, 1.165) is 12.0 Å². The minimum Gasteiger partial charge on any atom is -0.207 e. The number of rotatable bonds is 5. The van der Waals surface area contributed by atoms with Crippen LogP contribution in [0.15, 0.2) is 47.4 Å². The summed E-state index contributed by atoms with van der Waals surface area (Å²) in [6.45, 7) is 2.11. The lowest BCUT2D eigenvalue weighted by atomic mass is 10.2. The van der Waals surface area contributed by atoms with Crippen LogP contribution in [0.25, 0.3) is 0 Å². The molecule has 0 fully saturated rings. The summed E-state index contributed by atoms with van der Waals surface area (Å²) in [5.41, 5.74) is 1.73. The van der Waals surface area contributed by atoms with Crippen LogP contribution in [-0.2, 0) is 23.0 Å². The Morgan fingerprint density at radius 1 is 1.05 bits per heavy atom. The molecular weight excluding hydrogens is 329 g/mol. The minimum absolute atomic E-state index is 0.0945. The smallest absolute Gasteiger partial charge is 0.207 e. The Kier molecular flexibility index (Phi) is 5.27. The van der Waals surface area contributed by atoms with E-state index in [4.69, 9.17) is 23.2 Å². The van der Waals surface area contributed by atoms with E-state index in [9.17, 15) is 8.42 Å². The standard InChI is InChI=1S/C15H15Cl2NO2S/c1-2-11-6-8-13(9-7-11)21(19,20)18-10-12-4-3-5-14(16)15(12)17/h3-9,18H,2,10H2,1H3. The Labute approximate surface area is 135 Å². The molecule has 0 aromatic heterocycles. The molecule has 0 bridgehead atoms. The third-order valence-electron chi connectivity index (χ3n) is 3.13. The lowest BCUT2D eigenvalue weighted by molar-refractivity contribution is 0.581. The maximum absolute atomic E-state index is 12.2. The first-order valence-corrected chi connectivity index (χ1v) is 8.69. The molecule has 2 aromatic carbocycles. The van der Waals surface area contributed by atoms with Crippen LogP contribution in [0.4, 0.5) is 0 Å². The number of halogens is 2. The lowest BCUT2D eigenvalue weighted by Gasteiger charge is -2.09. The number of aryl methyl sites for hydroxylation is 1. The molecule has 0 aliphatic carbocycles. The van der Waals surface area contributed by atoms with Crippen LogP contribution in [-0.4, -0.2) is 8.42 Å². The van der Waals surface area contributed by atoms with E-state index in [1.807, 2.05) is 6.92 Å². The fourth-order valence-corrected chi connectivity index (χ4v) is 3.24. The van der Waals surface area contributed by atoms with Gasteiger partial charge in [0, 0.05) is 6.54 Å². The van der Waals surface area contributed by atoms with E-state index in [-0.39, 0.29) is 11.4 Å². The molecule has 0 aliphatic rings. The second-order valence-corrected chi connectivity index (χ2v) is 7.09. The molecule has 3 nitrogen and oxygen atoms in total. The van der Waals surface area contributed by atoms with E-state index in [0.29, 0.717) is 15.6 Å². The highest BCUT2D eigenvalue weighted by Gasteiger charge is 2.14. The molecule has 0 aliphatic heterocycles. The number of sulfonamides is 1. The van der Waals surface area contributed by atoms with Gasteiger partial charge in [-0.05, 0) is 35.7 Å². The molecule has 2 rings (SSSR count). The molecule has 1 N–H and O–H groups in total. The van der Waals surface area contributed by atoms with Crippen molar-refractivity contribution in [3.05, 3.63) is 63.6 Å². The Bertz CT molecular complexity index is 728. The molecule has 0 saturated carbocycles. The van der Waals surface area contributed by atoms with Crippen molar-refractivity contribution in [2.24, 2.45) is 0 Å². The molecule has 112 valence electrons. The van der Waals surface area contributed by atoms with Crippen molar-refractivity contribution in [2.45, 2.75) is 24.8 Å². The molecule has 21 heavy (non-hydrogen) atoms. The Balaban J connectivity index is 2.15. The zero-order valence-electron chi connectivity index (χ0n) is 11.4. The normalized spacial score (nSPS) is 11.6. The summed E-state index contributed by atoms with van der Waals surface area (Å²) in [4.78, 5) is 0.234. The summed E-state index contributed by atoms with van der Waals surface area (Å²) in [5, 5.41) is 0.767. The third kappa shape index (κ3) is 3.98. The second kappa shape index (κ2) is 6.79. The number of benzene rings is 2. The quantitative estimate of drug-likeness (QED) is 0.890. The number of hydrogen-bond acceptors (Lipinski definition) is 2. The number of hydrogen-bond donors (Lipinski definition) is 1. The molecule has 0 radical (unpaired) electrons. The molecule has 0 heterocycles. The van der Waals surface area contributed by atoms with Crippen LogP contribution in [0.5, 0.6) is 0 Å². The van der Waals surface area contributed by atoms with Gasteiger partial charge in [0.15, 0.2) is 0 Å². The zero-order chi connectivity index (χ0) is 15.5. The average Bonchev–Trinajstić information content (AvgIpc) is 2.49. The molecule has 0 spiro atoms. The highest BCUT2D eigenvalue weighted by Crippen LogP contribution is 2.25. The first-order valence-electron chi connectivity index (χ1n) is 6.45. The van der Waals surface area contributed by atoms with Crippen LogP contribution >= 0.6 is 23.2 Å². The van der Waals surface area contributed by atoms with Crippen molar-refractivity contribution in [2.75, 3.05) is 0 Å². The predicted molar refractivity (Wildman–Crippen MR) is 86.3 cm³/mol. The average molecular weight is 344 g/mol. The van der Waals surface area contributed by atoms with Crippen LogP contribution in [0.3, 0.4) is 0 Å². The predicted octanol–water partition coefficient (Wildman–Crippen LogP) is 4.03. The summed E-state index contributed by atoms with van der Waals surface area (Å²) in [6.07, 6.45) is 0.867. The first kappa shape index (κ1) is 16.3. The van der Waals surface area contributed by atoms with Crippen molar-refractivity contribution in [3.63, 3.8) is 0 Å². The van der Waals surface area contributed by atoms with Crippen LogP contribution < -0.4 is 4.72 Å². The fourth-order valence-electron chi connectivity index (χ4n) is 1.85. The maximum atomic E-state index is 12.2. The van der Waals surface area contributed by atoms with E-state index in [2.05, 4.69) is 4.72 Å². The van der Waals surface area contributed by atoms with Crippen molar-refractivity contribution in [1.29, 1.82) is 0 Å². The summed E-state index contributed by atoms with van der Waals surface area (Å²) < 4.78 is 27.0. The van der Waals surface area contributed by atoms with E-state index >= 15 is 0 Å². The molecule has 0 amide bonds. The number of nitrogens with one attached hydrogen (secondary N) is 1. The van der Waals surface area contributed by atoms with Crippen LogP contribution in [0.2, 0.25) is 10.0 Å². The van der Waals surface area contributed by atoms with Crippen molar-refractivity contribution in [3.8, 4) is 0 Å². The van der Waals surface area contributed by atoms with Crippen LogP contribution in [0.1, 0.15) is 18.1 Å².